The number of ether oxygens (including phenoxy) is 3. The van der Waals surface area contributed by atoms with E-state index in [9.17, 15) is 29.1 Å². The maximum atomic E-state index is 13.5. The zero-order valence-electron chi connectivity index (χ0n) is 23.7. The largest absolute Gasteiger partial charge is 0.481 e. The number of nitrogens with one attached hydrogen (secondary N) is 1. The van der Waals surface area contributed by atoms with E-state index in [-0.39, 0.29) is 6.61 Å². The van der Waals surface area contributed by atoms with Gasteiger partial charge in [-0.25, -0.2) is 4.79 Å². The Morgan fingerprint density at radius 3 is 1.79 bits per heavy atom. The van der Waals surface area contributed by atoms with Crippen molar-refractivity contribution in [1.82, 2.24) is 5.32 Å². The van der Waals surface area contributed by atoms with E-state index in [0.717, 1.165) is 0 Å². The molecule has 0 aliphatic carbocycles. The van der Waals surface area contributed by atoms with E-state index in [1.54, 1.807) is 92.6 Å². The number of hydrogen-bond acceptors (Lipinski definition) is 8. The summed E-state index contributed by atoms with van der Waals surface area (Å²) in [6.07, 6.45) is -1.54. The first-order valence-electron chi connectivity index (χ1n) is 12.4. The Morgan fingerprint density at radius 1 is 0.816 bits per heavy atom. The normalized spacial score (nSPS) is 14.4. The molecule has 0 bridgehead atoms. The van der Waals surface area contributed by atoms with Crippen LogP contribution in [0, 0.1) is 17.3 Å². The van der Waals surface area contributed by atoms with E-state index in [4.69, 9.17) is 14.2 Å². The van der Waals surface area contributed by atoms with Gasteiger partial charge in [-0.05, 0) is 52.5 Å². The van der Waals surface area contributed by atoms with Gasteiger partial charge in [0.2, 0.25) is 0 Å². The molecular weight excluding hydrogens is 494 g/mol. The molecule has 0 aliphatic rings. The fraction of sp³-hybridized carbons (Fsp3) is 0.607. The minimum atomic E-state index is -2.01. The monoisotopic (exact) mass is 535 g/mol. The second-order valence-electron chi connectivity index (χ2n) is 12.2. The highest BCUT2D eigenvalue weighted by molar-refractivity contribution is 6.01. The lowest BCUT2D eigenvalue weighted by Gasteiger charge is -2.32. The molecule has 3 atom stereocenters. The predicted octanol–water partition coefficient (Wildman–Crippen LogP) is 4.29. The number of amides is 1. The summed E-state index contributed by atoms with van der Waals surface area (Å²) in [5.41, 5.74) is -2.07. The molecule has 2 N–H and O–H groups in total. The summed E-state index contributed by atoms with van der Waals surface area (Å²) in [4.78, 5) is 64.3. The molecule has 212 valence electrons. The summed E-state index contributed by atoms with van der Waals surface area (Å²) in [5, 5.41) is 12.4. The molecule has 0 saturated heterocycles. The second-order valence-corrected chi connectivity index (χ2v) is 12.2. The average Bonchev–Trinajstić information content (AvgIpc) is 2.72. The van der Waals surface area contributed by atoms with Gasteiger partial charge in [0.15, 0.2) is 11.7 Å². The average molecular weight is 536 g/mol. The van der Waals surface area contributed by atoms with E-state index < -0.39 is 70.7 Å². The van der Waals surface area contributed by atoms with Crippen molar-refractivity contribution in [1.29, 1.82) is 0 Å². The number of carboxylic acid groups (broad SMARTS) is 1. The molecule has 0 heterocycles. The lowest BCUT2D eigenvalue weighted by atomic mass is 9.79. The number of aliphatic carboxylic acids is 1. The van der Waals surface area contributed by atoms with Gasteiger partial charge >= 0.3 is 24.0 Å². The number of alkyl carbamates (subject to hydrolysis) is 1. The van der Waals surface area contributed by atoms with Crippen molar-refractivity contribution in [3.8, 4) is 0 Å². The van der Waals surface area contributed by atoms with Crippen molar-refractivity contribution in [2.75, 3.05) is 0 Å². The summed E-state index contributed by atoms with van der Waals surface area (Å²) >= 11 is 0. The van der Waals surface area contributed by atoms with Crippen molar-refractivity contribution >= 4 is 29.8 Å². The summed E-state index contributed by atoms with van der Waals surface area (Å²) in [6, 6.07) is 7.50. The maximum absolute atomic E-state index is 13.5. The molecule has 10 nitrogen and oxygen atoms in total. The van der Waals surface area contributed by atoms with Crippen LogP contribution in [0.2, 0.25) is 0 Å². The second kappa shape index (κ2) is 12.9. The highest BCUT2D eigenvalue weighted by Crippen LogP contribution is 2.28. The topological polar surface area (TPSA) is 145 Å². The molecule has 0 radical (unpaired) electrons. The predicted molar refractivity (Wildman–Crippen MR) is 139 cm³/mol. The number of rotatable bonds is 10. The van der Waals surface area contributed by atoms with Crippen LogP contribution in [0.3, 0.4) is 0 Å². The molecule has 0 aromatic heterocycles. The van der Waals surface area contributed by atoms with Crippen molar-refractivity contribution in [2.24, 2.45) is 17.3 Å². The molecule has 1 aromatic carbocycles. The summed E-state index contributed by atoms with van der Waals surface area (Å²) < 4.78 is 15.9. The summed E-state index contributed by atoms with van der Waals surface area (Å²) in [6.45, 7) is 14.5. The Morgan fingerprint density at radius 2 is 1.34 bits per heavy atom. The molecule has 1 unspecified atom stereocenters. The highest BCUT2D eigenvalue weighted by Gasteiger charge is 2.46. The summed E-state index contributed by atoms with van der Waals surface area (Å²) in [5.74, 6) is -8.24. The van der Waals surface area contributed by atoms with Gasteiger partial charge in [0.05, 0.1) is 12.0 Å². The molecule has 10 heteroatoms. The zero-order valence-corrected chi connectivity index (χ0v) is 23.7. The smallest absolute Gasteiger partial charge is 0.408 e. The van der Waals surface area contributed by atoms with Crippen LogP contribution in [0.1, 0.15) is 74.3 Å². The minimum Gasteiger partial charge on any atom is -0.481 e. The maximum Gasteiger partial charge on any atom is 0.408 e. The number of carboxylic acids is 1. The van der Waals surface area contributed by atoms with E-state index >= 15 is 0 Å². The number of carbonyl (C=O) groups excluding carboxylic acids is 4. The van der Waals surface area contributed by atoms with Crippen LogP contribution in [0.15, 0.2) is 30.3 Å². The third kappa shape index (κ3) is 11.3. The first kappa shape index (κ1) is 32.6. The summed E-state index contributed by atoms with van der Waals surface area (Å²) in [7, 11) is 0. The molecule has 0 saturated carbocycles. The third-order valence-electron chi connectivity index (χ3n) is 5.13. The number of esters is 2. The Balaban J connectivity index is 3.34. The van der Waals surface area contributed by atoms with Gasteiger partial charge in [0, 0.05) is 6.42 Å². The molecule has 38 heavy (non-hydrogen) atoms. The van der Waals surface area contributed by atoms with E-state index in [2.05, 4.69) is 5.32 Å². The van der Waals surface area contributed by atoms with E-state index in [1.165, 1.54) is 0 Å². The van der Waals surface area contributed by atoms with Crippen LogP contribution < -0.4 is 5.32 Å². The van der Waals surface area contributed by atoms with Crippen LogP contribution in [0.25, 0.3) is 0 Å². The number of Topliss-reactive ketones (excluding diaryl/α,β-unsaturated/α-hetero) is 1. The van der Waals surface area contributed by atoms with Crippen LogP contribution in [-0.2, 0) is 40.0 Å². The Labute approximate surface area is 224 Å². The Bertz CT molecular complexity index is 998. The van der Waals surface area contributed by atoms with Gasteiger partial charge in [-0.3, -0.25) is 19.2 Å². The molecule has 0 aliphatic heterocycles. The van der Waals surface area contributed by atoms with Crippen LogP contribution >= 0.6 is 0 Å². The zero-order chi connectivity index (χ0) is 29.5. The lowest BCUT2D eigenvalue weighted by Crippen LogP contribution is -2.52. The number of carbonyl (C=O) groups is 5. The minimum absolute atomic E-state index is 0.191. The number of ketones is 1. The van der Waals surface area contributed by atoms with Gasteiger partial charge in [-0.1, -0.05) is 51.1 Å². The van der Waals surface area contributed by atoms with Gasteiger partial charge in [0.1, 0.15) is 17.8 Å². The molecule has 0 fully saturated rings. The van der Waals surface area contributed by atoms with E-state index in [0.29, 0.717) is 5.56 Å². The fourth-order valence-electron chi connectivity index (χ4n) is 3.52. The lowest BCUT2D eigenvalue weighted by molar-refractivity contribution is -0.176. The van der Waals surface area contributed by atoms with Crippen LogP contribution in [0.5, 0.6) is 0 Å². The number of benzene rings is 1. The highest BCUT2D eigenvalue weighted by atomic mass is 16.6. The van der Waals surface area contributed by atoms with Crippen molar-refractivity contribution in [3.63, 3.8) is 0 Å². The molecule has 1 rings (SSSR count). The fourth-order valence-corrected chi connectivity index (χ4v) is 3.52. The first-order chi connectivity index (χ1) is 17.2. The molecule has 0 spiro atoms. The first-order valence-corrected chi connectivity index (χ1v) is 12.4. The SMILES string of the molecule is CC(C)(C)OC(=O)N[C@H](C(=O)C[C@H](C(=O)OCc1ccccc1)C(C(=O)O)C(=O)OC(C)(C)C)C(C)(C)C. The quantitative estimate of drug-likeness (QED) is 0.254. The van der Waals surface area contributed by atoms with Crippen molar-refractivity contribution < 1.29 is 43.3 Å². The van der Waals surface area contributed by atoms with Gasteiger partial charge in [-0.2, -0.15) is 0 Å². The Kier molecular flexibility index (Phi) is 11.1. The molecular formula is C28H41NO9. The van der Waals surface area contributed by atoms with Crippen LogP contribution in [0.4, 0.5) is 4.79 Å². The van der Waals surface area contributed by atoms with Gasteiger partial charge < -0.3 is 24.6 Å². The van der Waals surface area contributed by atoms with Crippen LogP contribution in [-0.4, -0.2) is 52.1 Å². The number of hydrogen-bond donors (Lipinski definition) is 2. The molecule has 1 amide bonds. The standard InChI is InChI=1S/C28H41NO9/c1-26(2,3)21(29-25(35)38-28(7,8)9)19(30)15-18(20(22(31)32)24(34)37-27(4,5)6)23(33)36-16-17-13-11-10-12-14-17/h10-14,18,20-21H,15-16H2,1-9H3,(H,29,35)(H,31,32)/t18-,20?,21+/m0/s1. The van der Waals surface area contributed by atoms with Crippen molar-refractivity contribution in [3.05, 3.63) is 35.9 Å². The molecule has 1 aromatic rings. The van der Waals surface area contributed by atoms with E-state index in [1.807, 2.05) is 0 Å². The Hall–Kier alpha value is -3.43. The van der Waals surface area contributed by atoms with Gasteiger partial charge in [-0.15, -0.1) is 0 Å². The van der Waals surface area contributed by atoms with Crippen molar-refractivity contribution in [2.45, 2.75) is 92.6 Å². The third-order valence-corrected chi connectivity index (χ3v) is 5.13. The van der Waals surface area contributed by atoms with Gasteiger partial charge in [0.25, 0.3) is 0 Å².